The van der Waals surface area contributed by atoms with Crippen molar-refractivity contribution >= 4 is 17.2 Å². The number of likely N-dealkylation sites (tertiary alicyclic amines) is 1. The lowest BCUT2D eigenvalue weighted by Gasteiger charge is -2.15. The minimum atomic E-state index is 0.163. The van der Waals surface area contributed by atoms with Gasteiger partial charge in [-0.05, 0) is 23.4 Å². The number of thiophene rings is 1. The van der Waals surface area contributed by atoms with Gasteiger partial charge in [-0.3, -0.25) is 4.79 Å². The predicted octanol–water partition coefficient (Wildman–Crippen LogP) is 3.43. The third kappa shape index (κ3) is 3.71. The van der Waals surface area contributed by atoms with Crippen LogP contribution >= 0.6 is 11.3 Å². The second-order valence-electron chi connectivity index (χ2n) is 5.38. The van der Waals surface area contributed by atoms with E-state index in [1.54, 1.807) is 0 Å². The van der Waals surface area contributed by atoms with Crippen LogP contribution in [0.3, 0.4) is 0 Å². The van der Waals surface area contributed by atoms with Crippen molar-refractivity contribution in [2.24, 2.45) is 5.92 Å². The molecule has 1 fully saturated rings. The Hall–Kier alpha value is -1.65. The lowest BCUT2D eigenvalue weighted by atomic mass is 10.1. The zero-order valence-corrected chi connectivity index (χ0v) is 12.7. The summed E-state index contributed by atoms with van der Waals surface area (Å²) in [6.45, 7) is 3.03. The molecule has 1 atom stereocenters. The largest absolute Gasteiger partial charge is 0.376 e. The number of ether oxygens (including phenoxy) is 1. The van der Waals surface area contributed by atoms with E-state index in [4.69, 9.17) is 4.74 Å². The number of carbonyl (C=O) groups excluding carboxylic acids is 1. The standard InChI is InChI=1S/C17H19NO2S/c19-17(16-7-4-10-21-16)18-9-8-15(11-18)13-20-12-14-5-2-1-3-6-14/h1-7,10,15H,8-9,11-13H2/t15-/m1/s1. The van der Waals surface area contributed by atoms with Crippen LogP contribution in [-0.4, -0.2) is 30.5 Å². The molecule has 0 saturated carbocycles. The fraction of sp³-hybridized carbons (Fsp3) is 0.353. The van der Waals surface area contributed by atoms with Crippen LogP contribution in [0.25, 0.3) is 0 Å². The number of amides is 1. The lowest BCUT2D eigenvalue weighted by Crippen LogP contribution is -2.28. The zero-order valence-electron chi connectivity index (χ0n) is 11.9. The molecule has 0 radical (unpaired) electrons. The van der Waals surface area contributed by atoms with E-state index >= 15 is 0 Å². The molecule has 1 aliphatic heterocycles. The van der Waals surface area contributed by atoms with Gasteiger partial charge >= 0.3 is 0 Å². The van der Waals surface area contributed by atoms with Crippen molar-refractivity contribution in [2.45, 2.75) is 13.0 Å². The van der Waals surface area contributed by atoms with Crippen LogP contribution in [0.5, 0.6) is 0 Å². The van der Waals surface area contributed by atoms with E-state index in [-0.39, 0.29) is 5.91 Å². The summed E-state index contributed by atoms with van der Waals surface area (Å²) < 4.78 is 5.79. The van der Waals surface area contributed by atoms with E-state index in [0.29, 0.717) is 12.5 Å². The molecule has 3 nitrogen and oxygen atoms in total. The van der Waals surface area contributed by atoms with Crippen molar-refractivity contribution < 1.29 is 9.53 Å². The maximum atomic E-state index is 12.2. The molecule has 0 N–H and O–H groups in total. The van der Waals surface area contributed by atoms with Gasteiger partial charge < -0.3 is 9.64 Å². The molecule has 2 heterocycles. The second kappa shape index (κ2) is 6.87. The van der Waals surface area contributed by atoms with Gasteiger partial charge in [-0.2, -0.15) is 0 Å². The maximum absolute atomic E-state index is 12.2. The molecule has 1 aliphatic rings. The smallest absolute Gasteiger partial charge is 0.263 e. The minimum Gasteiger partial charge on any atom is -0.376 e. The number of hydrogen-bond donors (Lipinski definition) is 0. The normalized spacial score (nSPS) is 18.1. The van der Waals surface area contributed by atoms with Crippen LogP contribution in [0.1, 0.15) is 21.7 Å². The van der Waals surface area contributed by atoms with Crippen LogP contribution in [0.15, 0.2) is 47.8 Å². The molecule has 21 heavy (non-hydrogen) atoms. The van der Waals surface area contributed by atoms with Crippen LogP contribution in [-0.2, 0) is 11.3 Å². The number of benzene rings is 1. The average molecular weight is 301 g/mol. The Morgan fingerprint density at radius 3 is 2.86 bits per heavy atom. The van der Waals surface area contributed by atoms with E-state index in [1.165, 1.54) is 16.9 Å². The summed E-state index contributed by atoms with van der Waals surface area (Å²) >= 11 is 1.51. The molecule has 1 saturated heterocycles. The fourth-order valence-corrected chi connectivity index (χ4v) is 3.32. The first-order valence-electron chi connectivity index (χ1n) is 7.27. The first-order chi connectivity index (χ1) is 10.3. The van der Waals surface area contributed by atoms with E-state index in [1.807, 2.05) is 40.6 Å². The number of hydrogen-bond acceptors (Lipinski definition) is 3. The van der Waals surface area contributed by atoms with Crippen molar-refractivity contribution in [3.8, 4) is 0 Å². The van der Waals surface area contributed by atoms with Crippen LogP contribution in [0, 0.1) is 5.92 Å². The Balaban J connectivity index is 1.44. The van der Waals surface area contributed by atoms with Crippen LogP contribution < -0.4 is 0 Å². The Labute approximate surface area is 129 Å². The quantitative estimate of drug-likeness (QED) is 0.847. The Morgan fingerprint density at radius 2 is 2.10 bits per heavy atom. The monoisotopic (exact) mass is 301 g/mol. The highest BCUT2D eigenvalue weighted by atomic mass is 32.1. The lowest BCUT2D eigenvalue weighted by molar-refractivity contribution is 0.0737. The van der Waals surface area contributed by atoms with Crippen molar-refractivity contribution in [3.63, 3.8) is 0 Å². The van der Waals surface area contributed by atoms with Gasteiger partial charge in [0.1, 0.15) is 0 Å². The summed E-state index contributed by atoms with van der Waals surface area (Å²) in [7, 11) is 0. The van der Waals surface area contributed by atoms with Gasteiger partial charge in [-0.15, -0.1) is 11.3 Å². The predicted molar refractivity (Wildman–Crippen MR) is 84.4 cm³/mol. The van der Waals surface area contributed by atoms with Crippen LogP contribution in [0.4, 0.5) is 0 Å². The van der Waals surface area contributed by atoms with E-state index in [0.717, 1.165) is 31.0 Å². The Morgan fingerprint density at radius 1 is 1.24 bits per heavy atom. The molecule has 3 rings (SSSR count). The highest BCUT2D eigenvalue weighted by molar-refractivity contribution is 7.12. The molecule has 0 aliphatic carbocycles. The summed E-state index contributed by atoms with van der Waals surface area (Å²) in [4.78, 5) is 15.0. The van der Waals surface area contributed by atoms with Gasteiger partial charge in [-0.1, -0.05) is 36.4 Å². The zero-order chi connectivity index (χ0) is 14.5. The van der Waals surface area contributed by atoms with Crippen molar-refractivity contribution in [3.05, 3.63) is 58.3 Å². The SMILES string of the molecule is O=C(c1cccs1)N1CC[C@@H](COCc2ccccc2)C1. The second-order valence-corrected chi connectivity index (χ2v) is 6.33. The first-order valence-corrected chi connectivity index (χ1v) is 8.15. The summed E-state index contributed by atoms with van der Waals surface area (Å²) in [5, 5.41) is 1.95. The highest BCUT2D eigenvalue weighted by Crippen LogP contribution is 2.21. The molecule has 110 valence electrons. The fourth-order valence-electron chi connectivity index (χ4n) is 2.63. The van der Waals surface area contributed by atoms with Gasteiger partial charge in [0.05, 0.1) is 18.1 Å². The molecule has 1 aromatic carbocycles. The van der Waals surface area contributed by atoms with Gasteiger partial charge in [-0.25, -0.2) is 0 Å². The average Bonchev–Trinajstić information content (AvgIpc) is 3.19. The number of carbonyl (C=O) groups is 1. The van der Waals surface area contributed by atoms with Crippen molar-refractivity contribution in [2.75, 3.05) is 19.7 Å². The van der Waals surface area contributed by atoms with Crippen molar-refractivity contribution in [1.29, 1.82) is 0 Å². The molecule has 0 unspecified atom stereocenters. The summed E-state index contributed by atoms with van der Waals surface area (Å²) in [6.07, 6.45) is 1.03. The molecule has 0 spiro atoms. The third-order valence-corrected chi connectivity index (χ3v) is 4.63. The molecule has 0 bridgehead atoms. The van der Waals surface area contributed by atoms with Crippen molar-refractivity contribution in [1.82, 2.24) is 4.90 Å². The Bertz CT molecular complexity index is 568. The first kappa shape index (κ1) is 14.3. The summed E-state index contributed by atoms with van der Waals surface area (Å²) in [5.74, 6) is 0.619. The summed E-state index contributed by atoms with van der Waals surface area (Å²) in [5.41, 5.74) is 1.20. The van der Waals surface area contributed by atoms with E-state index in [9.17, 15) is 4.79 Å². The molecule has 4 heteroatoms. The number of rotatable bonds is 5. The highest BCUT2D eigenvalue weighted by Gasteiger charge is 2.27. The molecule has 1 aromatic heterocycles. The van der Waals surface area contributed by atoms with E-state index < -0.39 is 0 Å². The molecule has 2 aromatic rings. The minimum absolute atomic E-state index is 0.163. The molecular weight excluding hydrogens is 282 g/mol. The van der Waals surface area contributed by atoms with Gasteiger partial charge in [0.15, 0.2) is 0 Å². The molecular formula is C17H19NO2S. The summed E-state index contributed by atoms with van der Waals surface area (Å²) in [6, 6.07) is 14.0. The third-order valence-electron chi connectivity index (χ3n) is 3.77. The van der Waals surface area contributed by atoms with Gasteiger partial charge in [0.2, 0.25) is 0 Å². The molecule has 1 amide bonds. The van der Waals surface area contributed by atoms with Gasteiger partial charge in [0, 0.05) is 19.0 Å². The van der Waals surface area contributed by atoms with E-state index in [2.05, 4.69) is 12.1 Å². The topological polar surface area (TPSA) is 29.5 Å². The number of nitrogens with zero attached hydrogens (tertiary/aromatic N) is 1. The van der Waals surface area contributed by atoms with Gasteiger partial charge in [0.25, 0.3) is 5.91 Å². The van der Waals surface area contributed by atoms with Crippen LogP contribution in [0.2, 0.25) is 0 Å². The maximum Gasteiger partial charge on any atom is 0.263 e. The Kier molecular flexibility index (Phi) is 4.68.